The molecule has 4 aliphatic rings. The van der Waals surface area contributed by atoms with Crippen molar-refractivity contribution in [1.82, 2.24) is 9.21 Å². The quantitative estimate of drug-likeness (QED) is 0.743. The Hall–Kier alpha value is -1.09. The normalized spacial score (nSPS) is 36.4. The van der Waals surface area contributed by atoms with E-state index in [0.717, 1.165) is 50.9 Å². The summed E-state index contributed by atoms with van der Waals surface area (Å²) in [5.41, 5.74) is 0.288. The number of ether oxygens (including phenoxy) is 1. The van der Waals surface area contributed by atoms with Crippen molar-refractivity contribution in [1.29, 1.82) is 0 Å². The van der Waals surface area contributed by atoms with E-state index in [0.29, 0.717) is 19.1 Å². The minimum Gasteiger partial charge on any atom is -0.372 e. The highest BCUT2D eigenvalue weighted by Crippen LogP contribution is 2.42. The summed E-state index contributed by atoms with van der Waals surface area (Å²) >= 11 is 0. The maximum Gasteiger partial charge on any atom is 0.217 e. The molecule has 0 radical (unpaired) electrons. The second kappa shape index (κ2) is 7.25. The Labute approximate surface area is 171 Å². The second-order valence-electron chi connectivity index (χ2n) is 9.21. The smallest absolute Gasteiger partial charge is 0.217 e. The van der Waals surface area contributed by atoms with Gasteiger partial charge in [0.25, 0.3) is 0 Å². The minimum absolute atomic E-state index is 0.0526. The Morgan fingerprint density at radius 2 is 1.93 bits per heavy atom. The number of likely N-dealkylation sites (tertiary alicyclic amines) is 1. The van der Waals surface area contributed by atoms with Gasteiger partial charge in [-0.05, 0) is 55.7 Å². The standard InChI is InChI=1S/C21H28F2N2O3S/c1-13-8-16(12-28-21(13)18-9-15(22)2-5-19(18)23)24-10-14-6-7-25(20(14)11-24)29(26,27)17-3-4-17/h2,5,9,13-14,16-17,20-21H,3-4,6-8,10-12H2,1H3/t13-,14?,16+,20?,21-/m0/s1. The molecule has 3 heterocycles. The van der Waals surface area contributed by atoms with Crippen LogP contribution in [0.4, 0.5) is 8.78 Å². The lowest BCUT2D eigenvalue weighted by Crippen LogP contribution is -2.46. The van der Waals surface area contributed by atoms with Crippen LogP contribution in [0, 0.1) is 23.5 Å². The number of halogens is 2. The fourth-order valence-electron chi connectivity index (χ4n) is 5.51. The van der Waals surface area contributed by atoms with E-state index in [1.807, 2.05) is 6.92 Å². The molecule has 0 aromatic heterocycles. The number of benzene rings is 1. The van der Waals surface area contributed by atoms with Gasteiger partial charge < -0.3 is 4.74 Å². The first-order valence-corrected chi connectivity index (χ1v) is 12.2. The van der Waals surface area contributed by atoms with Gasteiger partial charge in [-0.1, -0.05) is 6.92 Å². The Kier molecular flexibility index (Phi) is 4.96. The highest BCUT2D eigenvalue weighted by Gasteiger charge is 2.51. The van der Waals surface area contributed by atoms with Gasteiger partial charge in [-0.25, -0.2) is 17.2 Å². The van der Waals surface area contributed by atoms with E-state index >= 15 is 0 Å². The van der Waals surface area contributed by atoms with Crippen molar-refractivity contribution in [3.63, 3.8) is 0 Å². The van der Waals surface area contributed by atoms with Gasteiger partial charge in [0.05, 0.1) is 18.0 Å². The van der Waals surface area contributed by atoms with Gasteiger partial charge in [-0.15, -0.1) is 0 Å². The molecule has 1 saturated carbocycles. The van der Waals surface area contributed by atoms with Crippen molar-refractivity contribution in [2.45, 2.75) is 56.0 Å². The first-order valence-electron chi connectivity index (χ1n) is 10.7. The van der Waals surface area contributed by atoms with Crippen molar-refractivity contribution in [2.24, 2.45) is 11.8 Å². The molecule has 1 aromatic rings. The van der Waals surface area contributed by atoms with Gasteiger partial charge in [0, 0.05) is 37.3 Å². The molecule has 0 bridgehead atoms. The molecule has 2 unspecified atom stereocenters. The number of hydrogen-bond donors (Lipinski definition) is 0. The van der Waals surface area contributed by atoms with E-state index in [1.165, 1.54) is 6.07 Å². The van der Waals surface area contributed by atoms with Crippen molar-refractivity contribution >= 4 is 10.0 Å². The van der Waals surface area contributed by atoms with Crippen LogP contribution in [-0.4, -0.2) is 61.2 Å². The van der Waals surface area contributed by atoms with Crippen LogP contribution in [0.15, 0.2) is 18.2 Å². The molecule has 160 valence electrons. The molecule has 3 saturated heterocycles. The zero-order chi connectivity index (χ0) is 20.3. The van der Waals surface area contributed by atoms with Gasteiger partial charge in [-0.2, -0.15) is 4.31 Å². The molecule has 3 aliphatic heterocycles. The third-order valence-corrected chi connectivity index (χ3v) is 9.63. The third-order valence-electron chi connectivity index (χ3n) is 7.21. The van der Waals surface area contributed by atoms with E-state index in [4.69, 9.17) is 4.74 Å². The molecule has 0 spiro atoms. The summed E-state index contributed by atoms with van der Waals surface area (Å²) in [6.07, 6.45) is 2.90. The van der Waals surface area contributed by atoms with Gasteiger partial charge in [0.2, 0.25) is 10.0 Å². The van der Waals surface area contributed by atoms with Crippen LogP contribution in [-0.2, 0) is 14.8 Å². The average molecular weight is 427 g/mol. The number of hydrogen-bond acceptors (Lipinski definition) is 4. The largest absolute Gasteiger partial charge is 0.372 e. The summed E-state index contributed by atoms with van der Waals surface area (Å²) in [6.45, 7) is 4.76. The summed E-state index contributed by atoms with van der Waals surface area (Å²) < 4.78 is 61.1. The van der Waals surface area contributed by atoms with Crippen LogP contribution in [0.1, 0.15) is 44.3 Å². The molecular formula is C21H28F2N2O3S. The molecule has 5 rings (SSSR count). The van der Waals surface area contributed by atoms with Gasteiger partial charge in [0.15, 0.2) is 0 Å². The summed E-state index contributed by atoms with van der Waals surface area (Å²) in [4.78, 5) is 2.36. The summed E-state index contributed by atoms with van der Waals surface area (Å²) in [7, 11) is -3.14. The van der Waals surface area contributed by atoms with Crippen LogP contribution in [0.25, 0.3) is 0 Å². The van der Waals surface area contributed by atoms with Crippen LogP contribution in [0.3, 0.4) is 0 Å². The summed E-state index contributed by atoms with van der Waals surface area (Å²) in [5.74, 6) is -0.448. The van der Waals surface area contributed by atoms with Crippen LogP contribution >= 0.6 is 0 Å². The Morgan fingerprint density at radius 1 is 1.14 bits per heavy atom. The van der Waals surface area contributed by atoms with E-state index in [2.05, 4.69) is 4.90 Å². The van der Waals surface area contributed by atoms with Crippen molar-refractivity contribution < 1.29 is 21.9 Å². The van der Waals surface area contributed by atoms with Crippen LogP contribution < -0.4 is 0 Å². The van der Waals surface area contributed by atoms with E-state index in [1.54, 1.807) is 4.31 Å². The van der Waals surface area contributed by atoms with Crippen LogP contribution in [0.2, 0.25) is 0 Å². The van der Waals surface area contributed by atoms with Gasteiger partial charge >= 0.3 is 0 Å². The van der Waals surface area contributed by atoms with E-state index < -0.39 is 27.8 Å². The lowest BCUT2D eigenvalue weighted by molar-refractivity contribution is -0.0679. The van der Waals surface area contributed by atoms with Gasteiger partial charge in [-0.3, -0.25) is 4.90 Å². The molecular weight excluding hydrogens is 398 g/mol. The fourth-order valence-corrected chi connectivity index (χ4v) is 7.60. The molecule has 29 heavy (non-hydrogen) atoms. The molecule has 1 aliphatic carbocycles. The maximum atomic E-state index is 14.2. The van der Waals surface area contributed by atoms with Gasteiger partial charge in [0.1, 0.15) is 11.6 Å². The first kappa shape index (κ1) is 19.8. The predicted molar refractivity (Wildman–Crippen MR) is 105 cm³/mol. The fraction of sp³-hybridized carbons (Fsp3) is 0.714. The lowest BCUT2D eigenvalue weighted by atomic mass is 9.88. The number of fused-ring (bicyclic) bond motifs is 1. The highest BCUT2D eigenvalue weighted by molar-refractivity contribution is 7.90. The zero-order valence-electron chi connectivity index (χ0n) is 16.6. The monoisotopic (exact) mass is 426 g/mol. The average Bonchev–Trinajstić information content (AvgIpc) is 3.35. The highest BCUT2D eigenvalue weighted by atomic mass is 32.2. The minimum atomic E-state index is -3.14. The molecule has 5 atom stereocenters. The first-order chi connectivity index (χ1) is 13.8. The number of nitrogens with zero attached hydrogens (tertiary/aromatic N) is 2. The van der Waals surface area contributed by atoms with E-state index in [-0.39, 0.29) is 28.8 Å². The second-order valence-corrected chi connectivity index (χ2v) is 11.4. The molecule has 5 nitrogen and oxygen atoms in total. The summed E-state index contributed by atoms with van der Waals surface area (Å²) in [6, 6.07) is 3.78. The topological polar surface area (TPSA) is 49.9 Å². The molecule has 1 aromatic carbocycles. The lowest BCUT2D eigenvalue weighted by Gasteiger charge is -2.39. The van der Waals surface area contributed by atoms with Crippen LogP contribution in [0.5, 0.6) is 0 Å². The summed E-state index contributed by atoms with van der Waals surface area (Å²) in [5, 5.41) is -0.157. The predicted octanol–water partition coefficient (Wildman–Crippen LogP) is 2.93. The third kappa shape index (κ3) is 3.52. The Bertz CT molecular complexity index is 892. The molecule has 8 heteroatoms. The van der Waals surface area contributed by atoms with Crippen molar-refractivity contribution in [3.8, 4) is 0 Å². The molecule has 0 N–H and O–H groups in total. The van der Waals surface area contributed by atoms with Crippen molar-refractivity contribution in [3.05, 3.63) is 35.4 Å². The number of rotatable bonds is 4. The Balaban J connectivity index is 1.25. The maximum absolute atomic E-state index is 14.2. The number of sulfonamides is 1. The van der Waals surface area contributed by atoms with Crippen molar-refractivity contribution in [2.75, 3.05) is 26.2 Å². The molecule has 0 amide bonds. The SMILES string of the molecule is C[C@H]1C[C@@H](N2CC3CCN(S(=O)(=O)C4CC4)C3C2)CO[C@@H]1c1cc(F)ccc1F. The zero-order valence-corrected chi connectivity index (χ0v) is 17.5. The molecule has 4 fully saturated rings. The van der Waals surface area contributed by atoms with E-state index in [9.17, 15) is 17.2 Å². The Morgan fingerprint density at radius 3 is 2.66 bits per heavy atom.